The fraction of sp³-hybridized carbons (Fsp3) is 0.375. The highest BCUT2D eigenvalue weighted by Crippen LogP contribution is 2.22. The Morgan fingerprint density at radius 1 is 0.967 bits per heavy atom. The Morgan fingerprint density at radius 3 is 2.23 bits per heavy atom. The van der Waals surface area contributed by atoms with Crippen molar-refractivity contribution in [3.63, 3.8) is 0 Å². The smallest absolute Gasteiger partial charge is 0.282 e. The molecular formula is C24H30N4OS. The van der Waals surface area contributed by atoms with Gasteiger partial charge in [-0.3, -0.25) is 9.69 Å². The lowest BCUT2D eigenvalue weighted by molar-refractivity contribution is 0.0950. The zero-order valence-corrected chi connectivity index (χ0v) is 19.2. The van der Waals surface area contributed by atoms with Crippen molar-refractivity contribution in [1.82, 2.24) is 20.4 Å². The standard InChI is InChI=1S/C24H30N4OS/c1-17-6-8-18(9-7-17)14-25-22(29)23-27-26-21(30-23)16-28(5)15-19-10-12-20(13-11-19)24(2,3)4/h6-13H,14-16H2,1-5H3,(H,25,29). The number of carbonyl (C=O) groups is 1. The Morgan fingerprint density at radius 2 is 1.60 bits per heavy atom. The zero-order valence-electron chi connectivity index (χ0n) is 18.4. The second-order valence-electron chi connectivity index (χ2n) is 8.79. The highest BCUT2D eigenvalue weighted by Gasteiger charge is 2.15. The number of nitrogens with one attached hydrogen (secondary N) is 1. The van der Waals surface area contributed by atoms with Gasteiger partial charge in [0.15, 0.2) is 0 Å². The van der Waals surface area contributed by atoms with Gasteiger partial charge >= 0.3 is 0 Å². The van der Waals surface area contributed by atoms with Gasteiger partial charge in [0.05, 0.1) is 6.54 Å². The topological polar surface area (TPSA) is 58.1 Å². The molecule has 1 aromatic heterocycles. The quantitative estimate of drug-likeness (QED) is 0.599. The summed E-state index contributed by atoms with van der Waals surface area (Å²) in [5, 5.41) is 12.4. The summed E-state index contributed by atoms with van der Waals surface area (Å²) in [4.78, 5) is 14.6. The lowest BCUT2D eigenvalue weighted by Crippen LogP contribution is -2.22. The molecule has 0 aliphatic heterocycles. The summed E-state index contributed by atoms with van der Waals surface area (Å²) >= 11 is 1.35. The molecule has 30 heavy (non-hydrogen) atoms. The van der Waals surface area contributed by atoms with Crippen molar-refractivity contribution in [3.8, 4) is 0 Å². The third-order valence-corrected chi connectivity index (χ3v) is 5.82. The molecule has 3 aromatic rings. The van der Waals surface area contributed by atoms with Crippen LogP contribution >= 0.6 is 11.3 Å². The van der Waals surface area contributed by atoms with E-state index in [1.807, 2.05) is 31.2 Å². The predicted octanol–water partition coefficient (Wildman–Crippen LogP) is 4.71. The van der Waals surface area contributed by atoms with Crippen LogP contribution in [-0.4, -0.2) is 28.1 Å². The molecule has 0 radical (unpaired) electrons. The van der Waals surface area contributed by atoms with E-state index in [9.17, 15) is 4.79 Å². The number of aryl methyl sites for hydroxylation is 1. The Hall–Kier alpha value is -2.57. The number of aromatic nitrogens is 2. The van der Waals surface area contributed by atoms with Gasteiger partial charge in [0.25, 0.3) is 5.91 Å². The first-order valence-electron chi connectivity index (χ1n) is 10.1. The summed E-state index contributed by atoms with van der Waals surface area (Å²) in [6.45, 7) is 10.7. The van der Waals surface area contributed by atoms with Crippen molar-refractivity contribution in [2.45, 2.75) is 52.7 Å². The normalized spacial score (nSPS) is 11.7. The minimum absolute atomic E-state index is 0.160. The van der Waals surface area contributed by atoms with Crippen molar-refractivity contribution in [2.24, 2.45) is 0 Å². The summed E-state index contributed by atoms with van der Waals surface area (Å²) in [5.41, 5.74) is 5.02. The van der Waals surface area contributed by atoms with Crippen LogP contribution in [0, 0.1) is 6.92 Å². The highest BCUT2D eigenvalue weighted by molar-refractivity contribution is 7.13. The lowest BCUT2D eigenvalue weighted by Gasteiger charge is -2.20. The van der Waals surface area contributed by atoms with Crippen molar-refractivity contribution in [1.29, 1.82) is 0 Å². The van der Waals surface area contributed by atoms with Gasteiger partial charge in [-0.25, -0.2) is 0 Å². The number of hydrogen-bond acceptors (Lipinski definition) is 5. The number of nitrogens with zero attached hydrogens (tertiary/aromatic N) is 3. The number of amides is 1. The van der Waals surface area contributed by atoms with Crippen LogP contribution in [0.1, 0.15) is 57.8 Å². The van der Waals surface area contributed by atoms with E-state index >= 15 is 0 Å². The van der Waals surface area contributed by atoms with E-state index < -0.39 is 0 Å². The Bertz CT molecular complexity index is 972. The number of carbonyl (C=O) groups excluding carboxylic acids is 1. The molecule has 3 rings (SSSR count). The first-order chi connectivity index (χ1) is 14.2. The Labute approximate surface area is 183 Å². The maximum atomic E-state index is 12.4. The van der Waals surface area contributed by atoms with Gasteiger partial charge in [0, 0.05) is 13.1 Å². The SMILES string of the molecule is Cc1ccc(CNC(=O)c2nnc(CN(C)Cc3ccc(C(C)(C)C)cc3)s2)cc1. The van der Waals surface area contributed by atoms with Crippen LogP contribution in [0.4, 0.5) is 0 Å². The lowest BCUT2D eigenvalue weighted by atomic mass is 9.87. The second-order valence-corrected chi connectivity index (χ2v) is 9.85. The fourth-order valence-electron chi connectivity index (χ4n) is 3.08. The number of benzene rings is 2. The summed E-state index contributed by atoms with van der Waals surface area (Å²) < 4.78 is 0. The van der Waals surface area contributed by atoms with Crippen LogP contribution < -0.4 is 5.32 Å². The van der Waals surface area contributed by atoms with E-state index in [-0.39, 0.29) is 11.3 Å². The van der Waals surface area contributed by atoms with Gasteiger partial charge in [-0.2, -0.15) is 0 Å². The van der Waals surface area contributed by atoms with Crippen molar-refractivity contribution in [3.05, 3.63) is 80.8 Å². The summed E-state index contributed by atoms with van der Waals surface area (Å²) in [7, 11) is 2.05. The molecule has 1 amide bonds. The molecule has 0 fully saturated rings. The number of rotatable bonds is 7. The third-order valence-electron chi connectivity index (χ3n) is 4.91. The monoisotopic (exact) mass is 422 g/mol. The molecule has 2 aromatic carbocycles. The van der Waals surface area contributed by atoms with Gasteiger partial charge in [0.1, 0.15) is 5.01 Å². The second kappa shape index (κ2) is 9.49. The minimum atomic E-state index is -0.181. The largest absolute Gasteiger partial charge is 0.346 e. The van der Waals surface area contributed by atoms with Crippen molar-refractivity contribution >= 4 is 17.2 Å². The van der Waals surface area contributed by atoms with Gasteiger partial charge in [-0.1, -0.05) is 86.2 Å². The van der Waals surface area contributed by atoms with E-state index in [0.717, 1.165) is 17.1 Å². The molecule has 0 unspecified atom stereocenters. The van der Waals surface area contributed by atoms with Crippen LogP contribution in [0.15, 0.2) is 48.5 Å². The maximum absolute atomic E-state index is 12.4. The zero-order chi connectivity index (χ0) is 21.7. The maximum Gasteiger partial charge on any atom is 0.282 e. The molecule has 158 valence electrons. The molecule has 0 saturated heterocycles. The third kappa shape index (κ3) is 6.21. The van der Waals surface area contributed by atoms with Crippen molar-refractivity contribution < 1.29 is 4.79 Å². The molecule has 1 N–H and O–H groups in total. The first kappa shape index (κ1) is 22.1. The molecule has 5 nitrogen and oxygen atoms in total. The summed E-state index contributed by atoms with van der Waals surface area (Å²) in [6.07, 6.45) is 0. The minimum Gasteiger partial charge on any atom is -0.346 e. The predicted molar refractivity (Wildman–Crippen MR) is 123 cm³/mol. The van der Waals surface area contributed by atoms with Gasteiger partial charge in [-0.05, 0) is 36.1 Å². The van der Waals surface area contributed by atoms with E-state index in [1.54, 1.807) is 0 Å². The van der Waals surface area contributed by atoms with Gasteiger partial charge in [-0.15, -0.1) is 10.2 Å². The first-order valence-corrected chi connectivity index (χ1v) is 11.0. The molecule has 0 atom stereocenters. The molecule has 0 aliphatic carbocycles. The Kier molecular flexibility index (Phi) is 7.00. The van der Waals surface area contributed by atoms with Gasteiger partial charge < -0.3 is 5.32 Å². The molecule has 0 aliphatic rings. The number of hydrogen-bond donors (Lipinski definition) is 1. The average molecular weight is 423 g/mol. The van der Waals surface area contributed by atoms with Gasteiger partial charge in [0.2, 0.25) is 5.01 Å². The van der Waals surface area contributed by atoms with E-state index in [1.165, 1.54) is 28.0 Å². The van der Waals surface area contributed by atoms with Crippen LogP contribution in [0.2, 0.25) is 0 Å². The van der Waals surface area contributed by atoms with Crippen molar-refractivity contribution in [2.75, 3.05) is 7.05 Å². The molecule has 0 saturated carbocycles. The molecule has 6 heteroatoms. The molecular weight excluding hydrogens is 392 g/mol. The van der Waals surface area contributed by atoms with E-state index in [2.05, 4.69) is 72.5 Å². The van der Waals surface area contributed by atoms with E-state index in [4.69, 9.17) is 0 Å². The van der Waals surface area contributed by atoms with Crippen LogP contribution in [0.5, 0.6) is 0 Å². The van der Waals surface area contributed by atoms with Crippen LogP contribution in [0.25, 0.3) is 0 Å². The highest BCUT2D eigenvalue weighted by atomic mass is 32.1. The van der Waals surface area contributed by atoms with Crippen LogP contribution in [0.3, 0.4) is 0 Å². The molecule has 1 heterocycles. The molecule has 0 spiro atoms. The Balaban J connectivity index is 1.51. The average Bonchev–Trinajstić information content (AvgIpc) is 3.15. The van der Waals surface area contributed by atoms with E-state index in [0.29, 0.717) is 18.1 Å². The summed E-state index contributed by atoms with van der Waals surface area (Å²) in [5.74, 6) is -0.181. The summed E-state index contributed by atoms with van der Waals surface area (Å²) in [6, 6.07) is 16.9. The fourth-order valence-corrected chi connectivity index (χ4v) is 3.92. The molecule has 0 bridgehead atoms. The van der Waals surface area contributed by atoms with Crippen LogP contribution in [-0.2, 0) is 25.0 Å².